The number of hydrogen-bond acceptors (Lipinski definition) is 3. The number of carboxylic acid groups (broad SMARTS) is 1. The summed E-state index contributed by atoms with van der Waals surface area (Å²) in [6, 6.07) is 6.69. The fraction of sp³-hybridized carbons (Fsp3) is 0.696. The van der Waals surface area contributed by atoms with Crippen molar-refractivity contribution < 1.29 is 14.6 Å². The first-order valence-electron chi connectivity index (χ1n) is 10.8. The fourth-order valence-corrected chi connectivity index (χ4v) is 5.72. The minimum absolute atomic E-state index is 0.346. The van der Waals surface area contributed by atoms with Crippen LogP contribution in [0.2, 0.25) is 0 Å². The summed E-state index contributed by atoms with van der Waals surface area (Å²) in [6.45, 7) is 3.72. The highest BCUT2D eigenvalue weighted by molar-refractivity contribution is 5.78. The first kappa shape index (κ1) is 17.5. The normalized spacial score (nSPS) is 25.8. The average Bonchev–Trinajstić information content (AvgIpc) is 3.33. The summed E-state index contributed by atoms with van der Waals surface area (Å²) in [6.07, 6.45) is 10.7. The zero-order chi connectivity index (χ0) is 18.5. The fourth-order valence-electron chi connectivity index (χ4n) is 5.72. The van der Waals surface area contributed by atoms with Crippen LogP contribution in [0.1, 0.15) is 56.1 Å². The van der Waals surface area contributed by atoms with Gasteiger partial charge >= 0.3 is 5.97 Å². The lowest BCUT2D eigenvalue weighted by atomic mass is 9.76. The van der Waals surface area contributed by atoms with Gasteiger partial charge in [0.15, 0.2) is 0 Å². The summed E-state index contributed by atoms with van der Waals surface area (Å²) in [7, 11) is 0. The Kier molecular flexibility index (Phi) is 4.23. The number of fused-ring (bicyclic) bond motifs is 1. The van der Waals surface area contributed by atoms with Crippen molar-refractivity contribution in [3.63, 3.8) is 0 Å². The van der Waals surface area contributed by atoms with E-state index in [0.29, 0.717) is 5.41 Å². The van der Waals surface area contributed by atoms with E-state index >= 15 is 0 Å². The Hall–Kier alpha value is -1.55. The molecular weight excluding hydrogens is 338 g/mol. The van der Waals surface area contributed by atoms with E-state index in [1.54, 1.807) is 0 Å². The van der Waals surface area contributed by atoms with Crippen LogP contribution in [0.4, 0.5) is 0 Å². The maximum absolute atomic E-state index is 11.4. The van der Waals surface area contributed by atoms with Crippen LogP contribution in [0.5, 0.6) is 5.75 Å². The molecule has 3 fully saturated rings. The van der Waals surface area contributed by atoms with E-state index in [9.17, 15) is 9.90 Å². The molecule has 4 nitrogen and oxygen atoms in total. The van der Waals surface area contributed by atoms with Crippen molar-refractivity contribution in [3.05, 3.63) is 29.3 Å². The van der Waals surface area contributed by atoms with E-state index in [1.807, 2.05) is 0 Å². The molecule has 4 heteroatoms. The van der Waals surface area contributed by atoms with E-state index in [0.717, 1.165) is 63.6 Å². The molecule has 0 atom stereocenters. The number of hydrogen-bond donors (Lipinski definition) is 1. The van der Waals surface area contributed by atoms with Crippen LogP contribution >= 0.6 is 0 Å². The first-order valence-corrected chi connectivity index (χ1v) is 10.8. The standard InChI is InChI=1S/C23H31NO3/c25-21(26)23(8-9-23)16-24-14-22(15-24)11-18-6-7-20(10-19(18)12-22)27-13-17-4-2-1-3-5-17/h6-7,10,17H,1-5,8-9,11-16H2,(H,25,26). The molecule has 0 radical (unpaired) electrons. The molecular formula is C23H31NO3. The predicted molar refractivity (Wildman–Crippen MR) is 104 cm³/mol. The predicted octanol–water partition coefficient (Wildman–Crippen LogP) is 3.91. The zero-order valence-corrected chi connectivity index (χ0v) is 16.2. The highest BCUT2D eigenvalue weighted by Gasteiger charge is 2.55. The molecule has 5 rings (SSSR count). The Morgan fingerprint density at radius 2 is 1.85 bits per heavy atom. The molecule has 0 aromatic heterocycles. The number of carboxylic acids is 1. The van der Waals surface area contributed by atoms with Crippen LogP contribution in [0.15, 0.2) is 18.2 Å². The minimum Gasteiger partial charge on any atom is -0.493 e. The van der Waals surface area contributed by atoms with Gasteiger partial charge in [-0.2, -0.15) is 0 Å². The third kappa shape index (κ3) is 3.37. The molecule has 1 aromatic rings. The van der Waals surface area contributed by atoms with Gasteiger partial charge < -0.3 is 14.7 Å². The zero-order valence-electron chi connectivity index (χ0n) is 16.2. The Bertz CT molecular complexity index is 727. The molecule has 27 heavy (non-hydrogen) atoms. The first-order chi connectivity index (χ1) is 13.1. The van der Waals surface area contributed by atoms with E-state index in [2.05, 4.69) is 23.1 Å². The number of ether oxygens (including phenoxy) is 1. The van der Waals surface area contributed by atoms with Gasteiger partial charge in [0.05, 0.1) is 12.0 Å². The third-order valence-corrected chi connectivity index (χ3v) is 7.47. The van der Waals surface area contributed by atoms with Gasteiger partial charge in [0.25, 0.3) is 0 Å². The molecule has 1 aliphatic heterocycles. The van der Waals surface area contributed by atoms with Gasteiger partial charge in [-0.25, -0.2) is 0 Å². The smallest absolute Gasteiger partial charge is 0.310 e. The lowest BCUT2D eigenvalue weighted by Crippen LogP contribution is -2.58. The number of rotatable bonds is 6. The number of likely N-dealkylation sites (tertiary alicyclic amines) is 1. The summed E-state index contributed by atoms with van der Waals surface area (Å²) in [5.74, 6) is 1.18. The summed E-state index contributed by atoms with van der Waals surface area (Å²) < 4.78 is 6.14. The maximum atomic E-state index is 11.4. The van der Waals surface area contributed by atoms with E-state index in [-0.39, 0.29) is 0 Å². The van der Waals surface area contributed by atoms with Crippen molar-refractivity contribution in [2.75, 3.05) is 26.2 Å². The van der Waals surface area contributed by atoms with Gasteiger partial charge in [-0.15, -0.1) is 0 Å². The highest BCUT2D eigenvalue weighted by Crippen LogP contribution is 2.51. The second kappa shape index (κ2) is 6.51. The van der Waals surface area contributed by atoms with Gasteiger partial charge in [-0.1, -0.05) is 25.3 Å². The van der Waals surface area contributed by atoms with Crippen molar-refractivity contribution in [2.45, 2.75) is 57.8 Å². The molecule has 2 saturated carbocycles. The van der Waals surface area contributed by atoms with Crippen molar-refractivity contribution in [1.82, 2.24) is 4.90 Å². The molecule has 1 aromatic carbocycles. The molecule has 1 heterocycles. The Labute approximate surface area is 161 Å². The van der Waals surface area contributed by atoms with Gasteiger partial charge in [0.1, 0.15) is 5.75 Å². The summed E-state index contributed by atoms with van der Waals surface area (Å²) in [5.41, 5.74) is 2.85. The molecule has 1 N–H and O–H groups in total. The monoisotopic (exact) mass is 369 g/mol. The lowest BCUT2D eigenvalue weighted by molar-refractivity contribution is -0.145. The number of nitrogens with zero attached hydrogens (tertiary/aromatic N) is 1. The second-order valence-electron chi connectivity index (χ2n) is 9.83. The van der Waals surface area contributed by atoms with Crippen LogP contribution in [0.25, 0.3) is 0 Å². The van der Waals surface area contributed by atoms with Crippen LogP contribution in [0.3, 0.4) is 0 Å². The summed E-state index contributed by atoms with van der Waals surface area (Å²) in [4.78, 5) is 13.8. The van der Waals surface area contributed by atoms with Gasteiger partial charge in [0.2, 0.25) is 0 Å². The third-order valence-electron chi connectivity index (χ3n) is 7.47. The largest absolute Gasteiger partial charge is 0.493 e. The maximum Gasteiger partial charge on any atom is 0.310 e. The van der Waals surface area contributed by atoms with Gasteiger partial charge in [0, 0.05) is 25.0 Å². The van der Waals surface area contributed by atoms with Crippen LogP contribution in [-0.4, -0.2) is 42.2 Å². The lowest BCUT2D eigenvalue weighted by Gasteiger charge is -2.49. The summed E-state index contributed by atoms with van der Waals surface area (Å²) >= 11 is 0. The molecule has 4 aliphatic rings. The van der Waals surface area contributed by atoms with Gasteiger partial charge in [-0.05, 0) is 67.7 Å². The molecule has 0 amide bonds. The number of carbonyl (C=O) groups is 1. The minimum atomic E-state index is -0.599. The van der Waals surface area contributed by atoms with Gasteiger partial charge in [-0.3, -0.25) is 4.79 Å². The second-order valence-corrected chi connectivity index (χ2v) is 9.83. The van der Waals surface area contributed by atoms with Crippen molar-refractivity contribution in [1.29, 1.82) is 0 Å². The quantitative estimate of drug-likeness (QED) is 0.826. The van der Waals surface area contributed by atoms with E-state index in [1.165, 1.54) is 43.2 Å². The van der Waals surface area contributed by atoms with Crippen LogP contribution < -0.4 is 4.74 Å². The molecule has 146 valence electrons. The topological polar surface area (TPSA) is 49.8 Å². The van der Waals surface area contributed by atoms with Crippen LogP contribution in [0, 0.1) is 16.7 Å². The molecule has 1 saturated heterocycles. The molecule has 1 spiro atoms. The Morgan fingerprint density at radius 1 is 1.11 bits per heavy atom. The van der Waals surface area contributed by atoms with Crippen LogP contribution in [-0.2, 0) is 17.6 Å². The summed E-state index contributed by atoms with van der Waals surface area (Å²) in [5, 5.41) is 9.41. The number of benzene rings is 1. The number of aliphatic carboxylic acids is 1. The Morgan fingerprint density at radius 3 is 2.56 bits per heavy atom. The van der Waals surface area contributed by atoms with Crippen molar-refractivity contribution in [2.24, 2.45) is 16.7 Å². The van der Waals surface area contributed by atoms with E-state index in [4.69, 9.17) is 4.74 Å². The highest BCUT2D eigenvalue weighted by atomic mass is 16.5. The molecule has 0 bridgehead atoms. The van der Waals surface area contributed by atoms with Crippen molar-refractivity contribution in [3.8, 4) is 5.75 Å². The molecule has 3 aliphatic carbocycles. The SMILES string of the molecule is O=C(O)C1(CN2CC3(Cc4ccc(OCC5CCCCC5)cc4C3)C2)CC1. The van der Waals surface area contributed by atoms with Crippen molar-refractivity contribution >= 4 is 5.97 Å². The molecule has 0 unspecified atom stereocenters. The Balaban J connectivity index is 1.16. The average molecular weight is 370 g/mol. The van der Waals surface area contributed by atoms with E-state index < -0.39 is 11.4 Å².